The van der Waals surface area contributed by atoms with Gasteiger partial charge in [-0.2, -0.15) is 0 Å². The molecule has 13 heavy (non-hydrogen) atoms. The summed E-state index contributed by atoms with van der Waals surface area (Å²) in [6.07, 6.45) is 2.57. The summed E-state index contributed by atoms with van der Waals surface area (Å²) >= 11 is 0. The van der Waals surface area contributed by atoms with Crippen molar-refractivity contribution in [2.24, 2.45) is 0 Å². The summed E-state index contributed by atoms with van der Waals surface area (Å²) in [5.41, 5.74) is 0. The van der Waals surface area contributed by atoms with Gasteiger partial charge in [0.15, 0.2) is 0 Å². The molecule has 0 saturated carbocycles. The van der Waals surface area contributed by atoms with E-state index >= 15 is 0 Å². The van der Waals surface area contributed by atoms with Crippen molar-refractivity contribution in [1.82, 2.24) is 10.3 Å². The number of carbonyl (C=O) groups excluding carboxylic acids is 1. The number of nitrogens with one attached hydrogen (secondary N) is 2. The third-order valence-corrected chi connectivity index (χ3v) is 2.06. The summed E-state index contributed by atoms with van der Waals surface area (Å²) in [7, 11) is 0. The maximum atomic E-state index is 11.4. The fourth-order valence-electron chi connectivity index (χ4n) is 1.16. The molecule has 0 aromatic carbocycles. The van der Waals surface area contributed by atoms with E-state index in [1.807, 2.05) is 12.1 Å². The fraction of sp³-hybridized carbons (Fsp3) is 0.333. The van der Waals surface area contributed by atoms with Gasteiger partial charge < -0.3 is 10.6 Å². The van der Waals surface area contributed by atoms with Gasteiger partial charge in [0.25, 0.3) is 0 Å². The highest BCUT2D eigenvalue weighted by Crippen LogP contribution is 2.06. The summed E-state index contributed by atoms with van der Waals surface area (Å²) in [6, 6.07) is 5.41. The Labute approximate surface area is 76.4 Å². The van der Waals surface area contributed by atoms with Crippen molar-refractivity contribution < 1.29 is 4.79 Å². The lowest BCUT2D eigenvalue weighted by atomic mass is 10.1. The summed E-state index contributed by atoms with van der Waals surface area (Å²) in [6.45, 7) is 0.931. The molecule has 2 N–H and O–H groups in total. The summed E-state index contributed by atoms with van der Waals surface area (Å²) in [4.78, 5) is 15.4. The van der Waals surface area contributed by atoms with Crippen LogP contribution in [0.1, 0.15) is 6.42 Å². The second kappa shape index (κ2) is 3.53. The van der Waals surface area contributed by atoms with Crippen molar-refractivity contribution in [1.29, 1.82) is 0 Å². The Morgan fingerprint density at radius 2 is 2.46 bits per heavy atom. The number of carbonyl (C=O) groups is 1. The number of aromatic nitrogens is 1. The van der Waals surface area contributed by atoms with Gasteiger partial charge in [0.05, 0.1) is 6.04 Å². The molecule has 2 heterocycles. The van der Waals surface area contributed by atoms with Crippen LogP contribution in [0.4, 0.5) is 5.82 Å². The Kier molecular flexibility index (Phi) is 2.23. The number of pyridine rings is 1. The van der Waals surface area contributed by atoms with E-state index in [0.29, 0.717) is 5.82 Å². The Morgan fingerprint density at radius 3 is 3.00 bits per heavy atom. The monoisotopic (exact) mass is 177 g/mol. The minimum absolute atomic E-state index is 0.00458. The van der Waals surface area contributed by atoms with Gasteiger partial charge in [-0.05, 0) is 25.1 Å². The number of amides is 1. The van der Waals surface area contributed by atoms with Gasteiger partial charge in [-0.15, -0.1) is 0 Å². The van der Waals surface area contributed by atoms with E-state index in [1.165, 1.54) is 0 Å². The third-order valence-electron chi connectivity index (χ3n) is 2.06. The molecule has 2 rings (SSSR count). The van der Waals surface area contributed by atoms with Crippen LogP contribution in [0, 0.1) is 0 Å². The number of hydrogen-bond acceptors (Lipinski definition) is 3. The maximum Gasteiger partial charge on any atom is 0.242 e. The van der Waals surface area contributed by atoms with E-state index in [-0.39, 0.29) is 11.9 Å². The highest BCUT2D eigenvalue weighted by molar-refractivity contribution is 5.94. The zero-order valence-corrected chi connectivity index (χ0v) is 7.16. The van der Waals surface area contributed by atoms with Crippen LogP contribution in [-0.4, -0.2) is 23.5 Å². The molecule has 0 unspecified atom stereocenters. The molecule has 68 valence electrons. The van der Waals surface area contributed by atoms with Crippen LogP contribution < -0.4 is 10.6 Å². The molecule has 0 spiro atoms. The van der Waals surface area contributed by atoms with Crippen LogP contribution in [0.25, 0.3) is 0 Å². The summed E-state index contributed by atoms with van der Waals surface area (Å²) in [5.74, 6) is 0.617. The Bertz CT molecular complexity index is 295. The van der Waals surface area contributed by atoms with E-state index in [2.05, 4.69) is 15.6 Å². The fourth-order valence-corrected chi connectivity index (χ4v) is 1.16. The highest BCUT2D eigenvalue weighted by Gasteiger charge is 2.24. The van der Waals surface area contributed by atoms with Crippen molar-refractivity contribution >= 4 is 11.7 Å². The maximum absolute atomic E-state index is 11.4. The molecule has 1 aromatic rings. The minimum Gasteiger partial charge on any atom is -0.309 e. The van der Waals surface area contributed by atoms with Crippen molar-refractivity contribution in [3.63, 3.8) is 0 Å². The zero-order chi connectivity index (χ0) is 9.10. The predicted molar refractivity (Wildman–Crippen MR) is 49.3 cm³/mol. The van der Waals surface area contributed by atoms with Crippen molar-refractivity contribution in [3.05, 3.63) is 24.4 Å². The third kappa shape index (κ3) is 1.84. The molecule has 1 fully saturated rings. The summed E-state index contributed by atoms with van der Waals surface area (Å²) < 4.78 is 0. The molecule has 0 radical (unpaired) electrons. The lowest BCUT2D eigenvalue weighted by Crippen LogP contribution is -2.50. The molecular weight excluding hydrogens is 166 g/mol. The predicted octanol–water partition coefficient (Wildman–Crippen LogP) is 0.382. The lowest BCUT2D eigenvalue weighted by molar-refractivity contribution is -0.119. The highest BCUT2D eigenvalue weighted by atomic mass is 16.2. The lowest BCUT2D eigenvalue weighted by Gasteiger charge is -2.25. The molecule has 0 aliphatic carbocycles. The smallest absolute Gasteiger partial charge is 0.242 e. The first-order valence-corrected chi connectivity index (χ1v) is 4.31. The molecular formula is C9H11N3O. The van der Waals surface area contributed by atoms with Gasteiger partial charge in [-0.3, -0.25) is 4.79 Å². The van der Waals surface area contributed by atoms with Crippen molar-refractivity contribution in [2.45, 2.75) is 12.5 Å². The molecule has 1 aliphatic rings. The van der Waals surface area contributed by atoms with E-state index in [0.717, 1.165) is 13.0 Å². The normalized spacial score (nSPS) is 20.5. The Balaban J connectivity index is 1.94. The molecule has 4 heteroatoms. The average molecular weight is 177 g/mol. The minimum atomic E-state index is -0.0259. The Hall–Kier alpha value is -1.42. The van der Waals surface area contributed by atoms with Crippen molar-refractivity contribution in [2.75, 3.05) is 11.9 Å². The van der Waals surface area contributed by atoms with Gasteiger partial charge >= 0.3 is 0 Å². The first-order chi connectivity index (χ1) is 6.36. The molecule has 0 bridgehead atoms. The molecule has 1 atom stereocenters. The first-order valence-electron chi connectivity index (χ1n) is 4.31. The van der Waals surface area contributed by atoms with E-state index < -0.39 is 0 Å². The van der Waals surface area contributed by atoms with E-state index in [4.69, 9.17) is 0 Å². The van der Waals surface area contributed by atoms with E-state index in [9.17, 15) is 4.79 Å². The molecule has 1 saturated heterocycles. The van der Waals surface area contributed by atoms with Gasteiger partial charge in [-0.25, -0.2) is 4.98 Å². The molecule has 1 amide bonds. The van der Waals surface area contributed by atoms with Gasteiger partial charge in [-0.1, -0.05) is 6.07 Å². The molecule has 4 nitrogen and oxygen atoms in total. The number of rotatable bonds is 2. The average Bonchev–Trinajstić information content (AvgIpc) is 2.02. The van der Waals surface area contributed by atoms with Crippen LogP contribution in [-0.2, 0) is 4.79 Å². The zero-order valence-electron chi connectivity index (χ0n) is 7.16. The van der Waals surface area contributed by atoms with Gasteiger partial charge in [0, 0.05) is 6.20 Å². The topological polar surface area (TPSA) is 54.0 Å². The van der Waals surface area contributed by atoms with E-state index in [1.54, 1.807) is 12.3 Å². The van der Waals surface area contributed by atoms with Crippen LogP contribution in [0.3, 0.4) is 0 Å². The first kappa shape index (κ1) is 8.19. The quantitative estimate of drug-likeness (QED) is 0.686. The number of anilines is 1. The summed E-state index contributed by atoms with van der Waals surface area (Å²) in [5, 5.41) is 5.76. The van der Waals surface area contributed by atoms with Crippen LogP contribution in [0.15, 0.2) is 24.4 Å². The molecule has 1 aliphatic heterocycles. The van der Waals surface area contributed by atoms with Crippen LogP contribution >= 0.6 is 0 Å². The van der Waals surface area contributed by atoms with Crippen LogP contribution in [0.2, 0.25) is 0 Å². The number of nitrogens with zero attached hydrogens (tertiary/aromatic N) is 1. The second-order valence-corrected chi connectivity index (χ2v) is 3.00. The largest absolute Gasteiger partial charge is 0.309 e. The standard InChI is InChI=1S/C9H11N3O/c13-9(7-4-6-10-7)12-8-3-1-2-5-11-8/h1-3,5,7,10H,4,6H2,(H,11,12,13)/t7-/m0/s1. The second-order valence-electron chi connectivity index (χ2n) is 3.00. The van der Waals surface area contributed by atoms with Crippen molar-refractivity contribution in [3.8, 4) is 0 Å². The van der Waals surface area contributed by atoms with Gasteiger partial charge in [0.2, 0.25) is 5.91 Å². The molecule has 1 aromatic heterocycles. The number of hydrogen-bond donors (Lipinski definition) is 2. The SMILES string of the molecule is O=C(Nc1ccccn1)[C@@H]1CCN1. The van der Waals surface area contributed by atoms with Gasteiger partial charge in [0.1, 0.15) is 5.82 Å². The Morgan fingerprint density at radius 1 is 1.62 bits per heavy atom. The van der Waals surface area contributed by atoms with Crippen LogP contribution in [0.5, 0.6) is 0 Å².